The van der Waals surface area contributed by atoms with Crippen LogP contribution in [0.5, 0.6) is 0 Å². The van der Waals surface area contributed by atoms with Gasteiger partial charge in [-0.25, -0.2) is 0 Å². The van der Waals surface area contributed by atoms with Gasteiger partial charge in [-0.1, -0.05) is 38.0 Å². The first-order valence-corrected chi connectivity index (χ1v) is 10.9. The van der Waals surface area contributed by atoms with Crippen LogP contribution in [0.2, 0.25) is 0 Å². The molecule has 1 saturated carbocycles. The molecule has 3 aliphatic rings. The van der Waals surface area contributed by atoms with Crippen molar-refractivity contribution in [1.29, 1.82) is 0 Å². The van der Waals surface area contributed by atoms with Crippen molar-refractivity contribution in [2.75, 3.05) is 18.0 Å². The Morgan fingerprint density at radius 1 is 1.11 bits per heavy atom. The molecule has 2 N–H and O–H groups in total. The number of rotatable bonds is 3. The topological polar surface area (TPSA) is 66.6 Å². The van der Waals surface area contributed by atoms with Crippen LogP contribution in [0.4, 0.5) is 5.69 Å². The van der Waals surface area contributed by atoms with Gasteiger partial charge in [-0.15, -0.1) is 0 Å². The lowest BCUT2D eigenvalue weighted by Crippen LogP contribution is -2.56. The molecule has 1 aromatic rings. The minimum Gasteiger partial charge on any atom is -0.369 e. The Balaban J connectivity index is 1.55. The molecule has 0 unspecified atom stereocenters. The molecule has 1 saturated heterocycles. The molecule has 5 heteroatoms. The van der Waals surface area contributed by atoms with Crippen molar-refractivity contribution in [1.82, 2.24) is 4.90 Å². The third-order valence-electron chi connectivity index (χ3n) is 7.44. The van der Waals surface area contributed by atoms with Gasteiger partial charge in [0.25, 0.3) is 0 Å². The normalized spacial score (nSPS) is 32.4. The molecule has 152 valence electrons. The van der Waals surface area contributed by atoms with Gasteiger partial charge in [-0.3, -0.25) is 9.59 Å². The summed E-state index contributed by atoms with van der Waals surface area (Å²) in [5.41, 5.74) is 7.61. The molecule has 0 bridgehead atoms. The quantitative estimate of drug-likeness (QED) is 0.871. The predicted molar refractivity (Wildman–Crippen MR) is 111 cm³/mol. The molecule has 2 heterocycles. The Kier molecular flexibility index (Phi) is 5.35. The van der Waals surface area contributed by atoms with Crippen molar-refractivity contribution in [2.24, 2.45) is 17.6 Å². The molecule has 0 aromatic heterocycles. The van der Waals surface area contributed by atoms with Gasteiger partial charge < -0.3 is 15.5 Å². The second-order valence-corrected chi connectivity index (χ2v) is 9.10. The maximum Gasteiger partial charge on any atom is 0.242 e. The van der Waals surface area contributed by atoms with E-state index >= 15 is 0 Å². The number of piperidine rings is 1. The number of carbonyl (C=O) groups excluding carboxylic acids is 2. The zero-order chi connectivity index (χ0) is 19.8. The van der Waals surface area contributed by atoms with Crippen LogP contribution in [0, 0.1) is 11.8 Å². The smallest absolute Gasteiger partial charge is 0.242 e. The summed E-state index contributed by atoms with van der Waals surface area (Å²) in [5.74, 6) is 1.08. The first-order valence-electron chi connectivity index (χ1n) is 10.9. The highest BCUT2D eigenvalue weighted by Gasteiger charge is 2.41. The number of amides is 2. The predicted octanol–water partition coefficient (Wildman–Crippen LogP) is 3.28. The highest BCUT2D eigenvalue weighted by molar-refractivity contribution is 5.87. The Hall–Kier alpha value is -2.04. The van der Waals surface area contributed by atoms with E-state index in [0.29, 0.717) is 24.9 Å². The summed E-state index contributed by atoms with van der Waals surface area (Å²) in [5, 5.41) is 0. The number of nitrogens with zero attached hydrogens (tertiary/aromatic N) is 2. The van der Waals surface area contributed by atoms with Crippen molar-refractivity contribution in [2.45, 2.75) is 70.4 Å². The SMILES string of the molecule is C[C@@H]1CCN(C(=O)CN2c3ccccc3[C@H](C(N)=O)C[C@@H]2C)[C@@H]2CCCC[C@H]12. The van der Waals surface area contributed by atoms with E-state index in [1.165, 1.54) is 19.3 Å². The van der Waals surface area contributed by atoms with E-state index in [1.807, 2.05) is 24.3 Å². The largest absolute Gasteiger partial charge is 0.369 e. The number of benzene rings is 1. The highest BCUT2D eigenvalue weighted by atomic mass is 16.2. The molecule has 5 atom stereocenters. The molecule has 1 aliphatic carbocycles. The average Bonchev–Trinajstić information content (AvgIpc) is 2.70. The average molecular weight is 384 g/mol. The third kappa shape index (κ3) is 3.40. The lowest BCUT2D eigenvalue weighted by Gasteiger charge is -2.48. The first kappa shape index (κ1) is 19.3. The number of hydrogen-bond acceptors (Lipinski definition) is 3. The molecule has 4 rings (SSSR count). The number of primary amides is 1. The monoisotopic (exact) mass is 383 g/mol. The van der Waals surface area contributed by atoms with Crippen LogP contribution in [0.15, 0.2) is 24.3 Å². The van der Waals surface area contributed by atoms with Gasteiger partial charge in [-0.2, -0.15) is 0 Å². The zero-order valence-electron chi connectivity index (χ0n) is 17.1. The Bertz CT molecular complexity index is 749. The van der Waals surface area contributed by atoms with Gasteiger partial charge >= 0.3 is 0 Å². The summed E-state index contributed by atoms with van der Waals surface area (Å²) in [6.07, 6.45) is 6.74. The lowest BCUT2D eigenvalue weighted by molar-refractivity contribution is -0.137. The van der Waals surface area contributed by atoms with Crippen LogP contribution >= 0.6 is 0 Å². The molecule has 1 aromatic carbocycles. The fraction of sp³-hybridized carbons (Fsp3) is 0.652. The van der Waals surface area contributed by atoms with Crippen molar-refractivity contribution in [3.8, 4) is 0 Å². The maximum absolute atomic E-state index is 13.4. The van der Waals surface area contributed by atoms with E-state index < -0.39 is 0 Å². The van der Waals surface area contributed by atoms with Gasteiger partial charge in [0.15, 0.2) is 0 Å². The number of anilines is 1. The fourth-order valence-corrected chi connectivity index (χ4v) is 5.85. The summed E-state index contributed by atoms with van der Waals surface area (Å²) < 4.78 is 0. The zero-order valence-corrected chi connectivity index (χ0v) is 17.1. The molecular formula is C23H33N3O2. The summed E-state index contributed by atoms with van der Waals surface area (Å²) in [6, 6.07) is 8.46. The number of para-hydroxylation sites is 1. The molecule has 0 radical (unpaired) electrons. The van der Waals surface area contributed by atoms with Crippen molar-refractivity contribution in [3.63, 3.8) is 0 Å². The summed E-state index contributed by atoms with van der Waals surface area (Å²) >= 11 is 0. The standard InChI is InChI=1S/C23H33N3O2/c1-15-11-12-25(20-9-5-3-7-17(15)20)22(27)14-26-16(2)13-19(23(24)28)18-8-4-6-10-21(18)26/h4,6,8,10,15-17,19-20H,3,5,7,9,11-14H2,1-2H3,(H2,24,28)/t15-,16+,17-,19-,20-/m1/s1. The Morgan fingerprint density at radius 3 is 2.64 bits per heavy atom. The van der Waals surface area contributed by atoms with Crippen LogP contribution < -0.4 is 10.6 Å². The van der Waals surface area contributed by atoms with Crippen LogP contribution in [0.1, 0.15) is 63.9 Å². The Morgan fingerprint density at radius 2 is 1.86 bits per heavy atom. The second-order valence-electron chi connectivity index (χ2n) is 9.10. The first-order chi connectivity index (χ1) is 13.5. The molecular weight excluding hydrogens is 350 g/mol. The lowest BCUT2D eigenvalue weighted by atomic mass is 9.72. The highest BCUT2D eigenvalue weighted by Crippen LogP contribution is 2.40. The number of likely N-dealkylation sites (tertiary alicyclic amines) is 1. The van der Waals surface area contributed by atoms with E-state index in [4.69, 9.17) is 5.73 Å². The minimum atomic E-state index is -0.277. The fourth-order valence-electron chi connectivity index (χ4n) is 5.85. The number of nitrogens with two attached hydrogens (primary N) is 1. The molecule has 28 heavy (non-hydrogen) atoms. The molecule has 5 nitrogen and oxygen atoms in total. The Labute approximate surface area is 168 Å². The summed E-state index contributed by atoms with van der Waals surface area (Å²) in [4.78, 5) is 29.7. The summed E-state index contributed by atoms with van der Waals surface area (Å²) in [6.45, 7) is 5.73. The van der Waals surface area contributed by atoms with Gasteiger partial charge in [0.1, 0.15) is 0 Å². The van der Waals surface area contributed by atoms with Crippen LogP contribution in [0.25, 0.3) is 0 Å². The molecule has 0 spiro atoms. The van der Waals surface area contributed by atoms with Gasteiger partial charge in [0.2, 0.25) is 11.8 Å². The molecule has 2 amide bonds. The minimum absolute atomic E-state index is 0.113. The summed E-state index contributed by atoms with van der Waals surface area (Å²) in [7, 11) is 0. The third-order valence-corrected chi connectivity index (χ3v) is 7.44. The molecule has 2 aliphatic heterocycles. The number of hydrogen-bond donors (Lipinski definition) is 1. The molecule has 2 fully saturated rings. The van der Waals surface area contributed by atoms with Gasteiger partial charge in [0, 0.05) is 24.3 Å². The van der Waals surface area contributed by atoms with E-state index in [9.17, 15) is 9.59 Å². The van der Waals surface area contributed by atoms with E-state index in [-0.39, 0.29) is 23.8 Å². The second kappa shape index (κ2) is 7.76. The number of fused-ring (bicyclic) bond motifs is 2. The van der Waals surface area contributed by atoms with E-state index in [1.54, 1.807) is 0 Å². The van der Waals surface area contributed by atoms with E-state index in [2.05, 4.69) is 23.6 Å². The van der Waals surface area contributed by atoms with E-state index in [0.717, 1.165) is 36.6 Å². The van der Waals surface area contributed by atoms with Crippen molar-refractivity contribution < 1.29 is 9.59 Å². The van der Waals surface area contributed by atoms with Crippen LogP contribution in [0.3, 0.4) is 0 Å². The van der Waals surface area contributed by atoms with Gasteiger partial charge in [0.05, 0.1) is 12.5 Å². The van der Waals surface area contributed by atoms with Gasteiger partial charge in [-0.05, 0) is 56.1 Å². The van der Waals surface area contributed by atoms with Crippen LogP contribution in [-0.2, 0) is 9.59 Å². The number of carbonyl (C=O) groups is 2. The maximum atomic E-state index is 13.4. The van der Waals surface area contributed by atoms with Crippen molar-refractivity contribution >= 4 is 17.5 Å². The van der Waals surface area contributed by atoms with Crippen molar-refractivity contribution in [3.05, 3.63) is 29.8 Å². The van der Waals surface area contributed by atoms with Crippen LogP contribution in [-0.4, -0.2) is 41.9 Å².